The van der Waals surface area contributed by atoms with Crippen LogP contribution in [0.2, 0.25) is 0 Å². The molecule has 0 aromatic carbocycles. The second-order valence-electron chi connectivity index (χ2n) is 4.25. The largest absolute Gasteiger partial charge is 0.395 e. The maximum absolute atomic E-state index is 9.77. The molecule has 0 aliphatic carbocycles. The first-order valence-corrected chi connectivity index (χ1v) is 6.39. The number of hydrogen-bond acceptors (Lipinski definition) is 7. The number of ether oxygens (including phenoxy) is 2. The number of ketones is 1. The Bertz CT molecular complexity index is 216. The van der Waals surface area contributed by atoms with Gasteiger partial charge in [-0.15, -0.1) is 0 Å². The van der Waals surface area contributed by atoms with E-state index in [1.54, 1.807) is 7.05 Å². The average molecular weight is 278 g/mol. The topological polar surface area (TPSA) is 91.3 Å². The third-order valence-electron chi connectivity index (χ3n) is 2.58. The van der Waals surface area contributed by atoms with Crippen LogP contribution in [0.25, 0.3) is 0 Å². The van der Waals surface area contributed by atoms with Crippen LogP contribution in [-0.4, -0.2) is 93.8 Å². The van der Waals surface area contributed by atoms with Crippen molar-refractivity contribution in [1.82, 2.24) is 10.2 Å². The van der Waals surface area contributed by atoms with Crippen LogP contribution < -0.4 is 5.32 Å². The van der Waals surface area contributed by atoms with Crippen LogP contribution in [0, 0.1) is 0 Å². The van der Waals surface area contributed by atoms with Crippen molar-refractivity contribution in [2.45, 2.75) is 6.04 Å². The Morgan fingerprint density at radius 1 is 1.26 bits per heavy atom. The fraction of sp³-hybridized carbons (Fsp3) is 0.917. The standard InChI is InChI=1S/C6H13NO2.C3H9NO.C3H4O2/c1-7(2-3-8)6-4-9-5-6;1-4-2-3-5;4-3-1-5-2-3/h6,8H,2-5H2,1H3;4-5H,2-3H2,1H3;1-2H2. The highest BCUT2D eigenvalue weighted by Crippen LogP contribution is 2.06. The molecule has 0 amide bonds. The van der Waals surface area contributed by atoms with E-state index in [0.717, 1.165) is 19.8 Å². The van der Waals surface area contributed by atoms with Gasteiger partial charge < -0.3 is 25.0 Å². The summed E-state index contributed by atoms with van der Waals surface area (Å²) in [7, 11) is 3.81. The minimum absolute atomic E-state index is 0.213. The van der Waals surface area contributed by atoms with Gasteiger partial charge in [-0.25, -0.2) is 0 Å². The lowest BCUT2D eigenvalue weighted by Crippen LogP contribution is -2.47. The summed E-state index contributed by atoms with van der Waals surface area (Å²) in [6, 6.07) is 0.553. The maximum atomic E-state index is 9.77. The van der Waals surface area contributed by atoms with Gasteiger partial charge in [0.2, 0.25) is 0 Å². The van der Waals surface area contributed by atoms with E-state index in [1.165, 1.54) is 0 Å². The quantitative estimate of drug-likeness (QED) is 0.541. The van der Waals surface area contributed by atoms with E-state index in [0.29, 0.717) is 25.8 Å². The predicted molar refractivity (Wildman–Crippen MR) is 71.2 cm³/mol. The Labute approximate surface area is 114 Å². The molecule has 0 aromatic rings. The number of likely N-dealkylation sites (N-methyl/N-ethyl adjacent to an activating group) is 2. The number of carbonyl (C=O) groups excluding carboxylic acids is 1. The SMILES string of the molecule is CN(CCO)C1COC1.CNCCO.O=C1COC1. The number of nitrogens with zero attached hydrogens (tertiary/aromatic N) is 1. The van der Waals surface area contributed by atoms with Crippen LogP contribution >= 0.6 is 0 Å². The Balaban J connectivity index is 0.000000278. The first-order chi connectivity index (χ1) is 9.15. The Morgan fingerprint density at radius 3 is 2.00 bits per heavy atom. The van der Waals surface area contributed by atoms with Crippen molar-refractivity contribution in [2.75, 3.05) is 66.8 Å². The van der Waals surface area contributed by atoms with Crippen molar-refractivity contribution < 1.29 is 24.5 Å². The summed E-state index contributed by atoms with van der Waals surface area (Å²) in [4.78, 5) is 11.9. The summed E-state index contributed by atoms with van der Waals surface area (Å²) in [5, 5.41) is 19.3. The lowest BCUT2D eigenvalue weighted by Gasteiger charge is -2.33. The summed E-state index contributed by atoms with van der Waals surface area (Å²) in [6.07, 6.45) is 0. The fourth-order valence-corrected chi connectivity index (χ4v) is 1.12. The van der Waals surface area contributed by atoms with E-state index in [4.69, 9.17) is 14.9 Å². The monoisotopic (exact) mass is 278 g/mol. The summed E-state index contributed by atoms with van der Waals surface area (Å²) in [5.74, 6) is 0.213. The Morgan fingerprint density at radius 2 is 1.84 bits per heavy atom. The van der Waals surface area contributed by atoms with Crippen LogP contribution in [0.1, 0.15) is 0 Å². The summed E-state index contributed by atoms with van der Waals surface area (Å²) in [5.41, 5.74) is 0. The van der Waals surface area contributed by atoms with Crippen molar-refractivity contribution in [3.63, 3.8) is 0 Å². The number of hydrogen-bond donors (Lipinski definition) is 3. The van der Waals surface area contributed by atoms with E-state index in [9.17, 15) is 4.79 Å². The van der Waals surface area contributed by atoms with Crippen LogP contribution in [0.5, 0.6) is 0 Å². The van der Waals surface area contributed by atoms with Gasteiger partial charge in [0, 0.05) is 13.1 Å². The lowest BCUT2D eigenvalue weighted by atomic mass is 10.2. The first-order valence-electron chi connectivity index (χ1n) is 6.39. The normalized spacial score (nSPS) is 17.6. The van der Waals surface area contributed by atoms with Gasteiger partial charge in [-0.1, -0.05) is 0 Å². The van der Waals surface area contributed by atoms with Gasteiger partial charge >= 0.3 is 0 Å². The molecule has 2 rings (SSSR count). The zero-order chi connectivity index (χ0) is 14.5. The molecule has 2 saturated heterocycles. The molecule has 114 valence electrons. The van der Waals surface area contributed by atoms with E-state index < -0.39 is 0 Å². The highest BCUT2D eigenvalue weighted by molar-refractivity contribution is 5.84. The number of aliphatic hydroxyl groups is 2. The molecule has 2 heterocycles. The second-order valence-corrected chi connectivity index (χ2v) is 4.25. The van der Waals surface area contributed by atoms with Gasteiger partial charge in [-0.3, -0.25) is 9.69 Å². The molecule has 0 atom stereocenters. The van der Waals surface area contributed by atoms with Crippen LogP contribution in [0.4, 0.5) is 0 Å². The molecule has 2 aliphatic rings. The summed E-state index contributed by atoms with van der Waals surface area (Å²) in [6.45, 7) is 4.28. The van der Waals surface area contributed by atoms with Crippen molar-refractivity contribution in [2.24, 2.45) is 0 Å². The molecule has 7 heteroatoms. The van der Waals surface area contributed by atoms with Gasteiger partial charge in [0.1, 0.15) is 13.2 Å². The molecular formula is C12H26N2O5. The molecule has 7 nitrogen and oxygen atoms in total. The third kappa shape index (κ3) is 9.94. The highest BCUT2D eigenvalue weighted by atomic mass is 16.5. The Hall–Kier alpha value is -0.570. The minimum Gasteiger partial charge on any atom is -0.395 e. The summed E-state index contributed by atoms with van der Waals surface area (Å²) >= 11 is 0. The molecule has 2 fully saturated rings. The van der Waals surface area contributed by atoms with Gasteiger partial charge in [-0.2, -0.15) is 0 Å². The molecule has 0 spiro atoms. The minimum atomic E-state index is 0.213. The lowest BCUT2D eigenvalue weighted by molar-refractivity contribution is -0.140. The summed E-state index contributed by atoms with van der Waals surface area (Å²) < 4.78 is 9.46. The zero-order valence-corrected chi connectivity index (χ0v) is 11.8. The number of aliphatic hydroxyl groups excluding tert-OH is 2. The van der Waals surface area contributed by atoms with Crippen molar-refractivity contribution in [1.29, 1.82) is 0 Å². The van der Waals surface area contributed by atoms with Gasteiger partial charge in [-0.05, 0) is 14.1 Å². The number of nitrogens with one attached hydrogen (secondary N) is 1. The molecule has 0 aromatic heterocycles. The molecule has 3 N–H and O–H groups in total. The van der Waals surface area contributed by atoms with Gasteiger partial charge in [0.05, 0.1) is 32.5 Å². The number of Topliss-reactive ketones (excluding diaryl/α,β-unsaturated/α-hetero) is 1. The van der Waals surface area contributed by atoms with E-state index in [-0.39, 0.29) is 19.0 Å². The van der Waals surface area contributed by atoms with Gasteiger partial charge in [0.25, 0.3) is 0 Å². The molecular weight excluding hydrogens is 252 g/mol. The van der Waals surface area contributed by atoms with Gasteiger partial charge in [0.15, 0.2) is 5.78 Å². The Kier molecular flexibility index (Phi) is 12.1. The van der Waals surface area contributed by atoms with Crippen LogP contribution in [0.3, 0.4) is 0 Å². The second kappa shape index (κ2) is 12.5. The zero-order valence-electron chi connectivity index (χ0n) is 11.8. The van der Waals surface area contributed by atoms with Crippen LogP contribution in [-0.2, 0) is 14.3 Å². The molecule has 19 heavy (non-hydrogen) atoms. The highest BCUT2D eigenvalue weighted by Gasteiger charge is 2.21. The number of rotatable bonds is 5. The van der Waals surface area contributed by atoms with Crippen molar-refractivity contribution in [3.05, 3.63) is 0 Å². The average Bonchev–Trinajstić information content (AvgIpc) is 2.27. The first kappa shape index (κ1) is 18.4. The van der Waals surface area contributed by atoms with E-state index in [2.05, 4.69) is 15.0 Å². The molecule has 0 bridgehead atoms. The molecule has 2 aliphatic heterocycles. The van der Waals surface area contributed by atoms with E-state index in [1.807, 2.05) is 7.05 Å². The fourth-order valence-electron chi connectivity index (χ4n) is 1.12. The number of carbonyl (C=O) groups is 1. The molecule has 0 unspecified atom stereocenters. The maximum Gasteiger partial charge on any atom is 0.184 e. The van der Waals surface area contributed by atoms with Crippen LogP contribution in [0.15, 0.2) is 0 Å². The smallest absolute Gasteiger partial charge is 0.184 e. The van der Waals surface area contributed by atoms with Crippen molar-refractivity contribution in [3.8, 4) is 0 Å². The van der Waals surface area contributed by atoms with Crippen molar-refractivity contribution >= 4 is 5.78 Å². The van der Waals surface area contributed by atoms with E-state index >= 15 is 0 Å². The third-order valence-corrected chi connectivity index (χ3v) is 2.58. The molecule has 0 radical (unpaired) electrons. The predicted octanol–water partition coefficient (Wildman–Crippen LogP) is -1.91. The molecule has 0 saturated carbocycles.